The zero-order chi connectivity index (χ0) is 19.0. The lowest BCUT2D eigenvalue weighted by Crippen LogP contribution is -2.21. The zero-order valence-electron chi connectivity index (χ0n) is 15.2. The Morgan fingerprint density at radius 2 is 2.19 bits per heavy atom. The number of hydrogen-bond donors (Lipinski definition) is 0. The van der Waals surface area contributed by atoms with Crippen molar-refractivity contribution >= 4 is 63.1 Å². The third-order valence-electron chi connectivity index (χ3n) is 4.36. The molecule has 4 rings (SSSR count). The van der Waals surface area contributed by atoms with Crippen LogP contribution in [-0.4, -0.2) is 53.3 Å². The molecule has 2 aromatic heterocycles. The molecule has 1 aliphatic heterocycles. The van der Waals surface area contributed by atoms with Crippen molar-refractivity contribution in [1.29, 1.82) is 0 Å². The van der Waals surface area contributed by atoms with Crippen LogP contribution in [0.1, 0.15) is 11.3 Å². The van der Waals surface area contributed by atoms with E-state index < -0.39 is 0 Å². The lowest BCUT2D eigenvalue weighted by Gasteiger charge is -2.19. The first-order chi connectivity index (χ1) is 13.1. The summed E-state index contributed by atoms with van der Waals surface area (Å²) in [5, 5.41) is 0.905. The molecule has 1 amide bonds. The van der Waals surface area contributed by atoms with E-state index in [1.807, 2.05) is 43.6 Å². The van der Waals surface area contributed by atoms with Crippen LogP contribution in [0.15, 0.2) is 39.1 Å². The number of amides is 1. The predicted molar refractivity (Wildman–Crippen MR) is 113 cm³/mol. The third-order valence-corrected chi connectivity index (χ3v) is 6.25. The maximum absolute atomic E-state index is 11.7. The van der Waals surface area contributed by atoms with Crippen LogP contribution in [0.25, 0.3) is 10.2 Å². The Bertz CT molecular complexity index is 1020. The summed E-state index contributed by atoms with van der Waals surface area (Å²) < 4.78 is 0. The smallest absolute Gasteiger partial charge is 0.219 e. The number of fused-ring (bicyclic) bond motifs is 2. The van der Waals surface area contributed by atoms with Gasteiger partial charge >= 0.3 is 0 Å². The van der Waals surface area contributed by atoms with Gasteiger partial charge in [-0.3, -0.25) is 14.7 Å². The highest BCUT2D eigenvalue weighted by molar-refractivity contribution is 8.15. The maximum Gasteiger partial charge on any atom is 0.219 e. The summed E-state index contributed by atoms with van der Waals surface area (Å²) in [6, 6.07) is 0.201. The van der Waals surface area contributed by atoms with Gasteiger partial charge in [0.05, 0.1) is 22.7 Å². The van der Waals surface area contributed by atoms with Crippen LogP contribution in [0.3, 0.4) is 0 Å². The molecule has 0 saturated heterocycles. The topological polar surface area (TPSA) is 74.1 Å². The standard InChI is InChI=1S/C18H18N6OS2/c1-11-16(15-17(23(2)3)19-7-20-18(15)27-11)21-8-24(10-25)12-4-5-13-14(6-12)26-9-22-13/h4,6-10,13H,5H2,1-3H3. The van der Waals surface area contributed by atoms with E-state index in [0.29, 0.717) is 0 Å². The number of carbonyl (C=O) groups excluding carboxylic acids is 1. The molecule has 0 aromatic carbocycles. The third kappa shape index (κ3) is 3.28. The average molecular weight is 399 g/mol. The number of aromatic nitrogens is 2. The minimum Gasteiger partial charge on any atom is -0.362 e. The molecule has 3 heterocycles. The second-order valence-electron chi connectivity index (χ2n) is 6.34. The van der Waals surface area contributed by atoms with Crippen LogP contribution in [0, 0.1) is 6.92 Å². The van der Waals surface area contributed by atoms with Crippen molar-refractivity contribution in [2.75, 3.05) is 19.0 Å². The van der Waals surface area contributed by atoms with Crippen molar-refractivity contribution in [3.05, 3.63) is 34.0 Å². The lowest BCUT2D eigenvalue weighted by molar-refractivity contribution is -0.113. The van der Waals surface area contributed by atoms with Gasteiger partial charge in [-0.1, -0.05) is 17.8 Å². The molecule has 27 heavy (non-hydrogen) atoms. The molecule has 1 unspecified atom stereocenters. The molecule has 0 saturated carbocycles. The number of nitrogens with zero attached hydrogens (tertiary/aromatic N) is 6. The van der Waals surface area contributed by atoms with Crippen LogP contribution in [-0.2, 0) is 4.79 Å². The van der Waals surface area contributed by atoms with Crippen molar-refractivity contribution in [1.82, 2.24) is 14.9 Å². The van der Waals surface area contributed by atoms with E-state index in [4.69, 9.17) is 0 Å². The molecular formula is C18H18N6OS2. The fourth-order valence-corrected chi connectivity index (χ4v) is 4.79. The number of rotatable bonds is 5. The lowest BCUT2D eigenvalue weighted by atomic mass is 10.1. The van der Waals surface area contributed by atoms with E-state index in [0.717, 1.165) is 50.0 Å². The van der Waals surface area contributed by atoms with Gasteiger partial charge in [0.15, 0.2) is 0 Å². The molecule has 2 aromatic rings. The van der Waals surface area contributed by atoms with Crippen LogP contribution in [0.2, 0.25) is 0 Å². The normalized spacial score (nSPS) is 18.6. The van der Waals surface area contributed by atoms with Gasteiger partial charge < -0.3 is 4.90 Å². The molecule has 9 heteroatoms. The van der Waals surface area contributed by atoms with Crippen LogP contribution in [0.4, 0.5) is 11.5 Å². The van der Waals surface area contributed by atoms with Gasteiger partial charge in [-0.2, -0.15) is 0 Å². The number of thioether (sulfide) groups is 1. The highest BCUT2D eigenvalue weighted by Crippen LogP contribution is 2.40. The SMILES string of the molecule is Cc1sc2ncnc(N(C)C)c2c1N=CN(C=O)C1=CCC2N=CSC2=C1. The summed E-state index contributed by atoms with van der Waals surface area (Å²) in [6.45, 7) is 2.00. The van der Waals surface area contributed by atoms with Gasteiger partial charge in [-0.15, -0.1) is 11.3 Å². The number of aryl methyl sites for hydroxylation is 1. The van der Waals surface area contributed by atoms with Gasteiger partial charge in [-0.05, 0) is 19.4 Å². The molecule has 0 N–H and O–H groups in total. The van der Waals surface area contributed by atoms with Crippen molar-refractivity contribution < 1.29 is 4.79 Å². The van der Waals surface area contributed by atoms with Gasteiger partial charge in [0.1, 0.15) is 23.3 Å². The molecule has 1 atom stereocenters. The molecule has 0 radical (unpaired) electrons. The van der Waals surface area contributed by atoms with Gasteiger partial charge in [-0.25, -0.2) is 15.0 Å². The highest BCUT2D eigenvalue weighted by atomic mass is 32.2. The van der Waals surface area contributed by atoms with E-state index in [1.165, 1.54) is 4.90 Å². The molecule has 0 spiro atoms. The van der Waals surface area contributed by atoms with Gasteiger partial charge in [0.2, 0.25) is 6.41 Å². The second kappa shape index (κ2) is 7.24. The number of anilines is 1. The van der Waals surface area contributed by atoms with Crippen molar-refractivity contribution in [3.8, 4) is 0 Å². The summed E-state index contributed by atoms with van der Waals surface area (Å²) in [5.41, 5.74) is 3.47. The van der Waals surface area contributed by atoms with Crippen molar-refractivity contribution in [2.24, 2.45) is 9.98 Å². The number of aliphatic imine (C=N–C) groups is 2. The Kier molecular flexibility index (Phi) is 4.79. The van der Waals surface area contributed by atoms with Crippen LogP contribution >= 0.6 is 23.1 Å². The Labute approximate surface area is 165 Å². The fourth-order valence-electron chi connectivity index (χ4n) is 3.02. The Balaban J connectivity index is 1.69. The minimum atomic E-state index is 0.201. The van der Waals surface area contributed by atoms with E-state index >= 15 is 0 Å². The summed E-state index contributed by atoms with van der Waals surface area (Å²) in [5.74, 6) is 0.815. The Morgan fingerprint density at radius 3 is 2.96 bits per heavy atom. The largest absolute Gasteiger partial charge is 0.362 e. The Morgan fingerprint density at radius 1 is 1.33 bits per heavy atom. The van der Waals surface area contributed by atoms with Gasteiger partial charge in [0, 0.05) is 29.6 Å². The molecule has 7 nitrogen and oxygen atoms in total. The number of carbonyl (C=O) groups is 1. The molecular weight excluding hydrogens is 380 g/mol. The monoisotopic (exact) mass is 398 g/mol. The summed E-state index contributed by atoms with van der Waals surface area (Å²) in [6.07, 6.45) is 8.72. The van der Waals surface area contributed by atoms with E-state index in [1.54, 1.807) is 35.8 Å². The molecule has 138 valence electrons. The second-order valence-corrected chi connectivity index (χ2v) is 8.46. The number of hydrogen-bond acceptors (Lipinski definition) is 8. The highest BCUT2D eigenvalue weighted by Gasteiger charge is 2.22. The first kappa shape index (κ1) is 17.9. The van der Waals surface area contributed by atoms with E-state index in [9.17, 15) is 4.79 Å². The molecule has 0 fully saturated rings. The summed E-state index contributed by atoms with van der Waals surface area (Å²) in [7, 11) is 3.88. The van der Waals surface area contributed by atoms with Gasteiger partial charge in [0.25, 0.3) is 0 Å². The first-order valence-corrected chi connectivity index (χ1v) is 10.1. The zero-order valence-corrected chi connectivity index (χ0v) is 16.8. The Hall–Kier alpha value is -2.52. The number of allylic oxidation sites excluding steroid dienone is 1. The summed E-state index contributed by atoms with van der Waals surface area (Å²) >= 11 is 3.18. The molecule has 1 aliphatic carbocycles. The molecule has 0 bridgehead atoms. The first-order valence-electron chi connectivity index (χ1n) is 8.37. The maximum atomic E-state index is 11.7. The van der Waals surface area contributed by atoms with E-state index in [-0.39, 0.29) is 6.04 Å². The van der Waals surface area contributed by atoms with E-state index in [2.05, 4.69) is 20.0 Å². The summed E-state index contributed by atoms with van der Waals surface area (Å²) in [4.78, 5) is 36.0. The van der Waals surface area contributed by atoms with Crippen LogP contribution < -0.4 is 4.90 Å². The fraction of sp³-hybridized carbons (Fsp3) is 0.278. The average Bonchev–Trinajstić information content (AvgIpc) is 3.25. The van der Waals surface area contributed by atoms with Crippen LogP contribution in [0.5, 0.6) is 0 Å². The minimum absolute atomic E-state index is 0.201. The van der Waals surface area contributed by atoms with Crippen molar-refractivity contribution in [2.45, 2.75) is 19.4 Å². The van der Waals surface area contributed by atoms with Crippen molar-refractivity contribution in [3.63, 3.8) is 0 Å². The predicted octanol–water partition coefficient (Wildman–Crippen LogP) is 3.50. The quantitative estimate of drug-likeness (QED) is 0.438. The molecule has 2 aliphatic rings. The number of thiophene rings is 1.